The third-order valence-corrected chi connectivity index (χ3v) is 5.01. The van der Waals surface area contributed by atoms with Gasteiger partial charge >= 0.3 is 0 Å². The molecule has 26 heavy (non-hydrogen) atoms. The molecule has 2 heterocycles. The quantitative estimate of drug-likeness (QED) is 0.508. The Morgan fingerprint density at radius 1 is 0.923 bits per heavy atom. The predicted molar refractivity (Wildman–Crippen MR) is 102 cm³/mol. The highest BCUT2D eigenvalue weighted by atomic mass is 79.9. The normalized spacial score (nSPS) is 16.6. The summed E-state index contributed by atoms with van der Waals surface area (Å²) in [6.07, 6.45) is 3.08. The molecule has 0 N–H and O–H groups in total. The summed E-state index contributed by atoms with van der Waals surface area (Å²) in [6, 6.07) is 15.8. The lowest BCUT2D eigenvalue weighted by Gasteiger charge is -2.08. The van der Waals surface area contributed by atoms with Crippen LogP contribution in [0.5, 0.6) is 0 Å². The van der Waals surface area contributed by atoms with Crippen molar-refractivity contribution in [1.29, 1.82) is 0 Å². The minimum atomic E-state index is -0.555. The molecule has 1 atom stereocenters. The Labute approximate surface area is 158 Å². The highest BCUT2D eigenvalue weighted by Gasteiger charge is 2.24. The van der Waals surface area contributed by atoms with E-state index >= 15 is 0 Å². The maximum atomic E-state index is 14.0. The van der Waals surface area contributed by atoms with Gasteiger partial charge in [-0.05, 0) is 58.6 Å². The Bertz CT molecular complexity index is 946. The molecule has 0 radical (unpaired) electrons. The fraction of sp³-hybridized carbons (Fsp3) is 0.143. The molecule has 0 saturated heterocycles. The zero-order valence-electron chi connectivity index (χ0n) is 13.8. The average molecular weight is 413 g/mol. The van der Waals surface area contributed by atoms with Gasteiger partial charge in [0.25, 0.3) is 0 Å². The van der Waals surface area contributed by atoms with Crippen LogP contribution in [0.2, 0.25) is 0 Å². The molecule has 0 bridgehead atoms. The van der Waals surface area contributed by atoms with E-state index in [0.717, 1.165) is 27.7 Å². The average Bonchev–Trinajstić information content (AvgIpc) is 3.12. The van der Waals surface area contributed by atoms with Crippen molar-refractivity contribution < 1.29 is 8.78 Å². The summed E-state index contributed by atoms with van der Waals surface area (Å²) in [7, 11) is 0. The van der Waals surface area contributed by atoms with Gasteiger partial charge in [-0.15, -0.1) is 0 Å². The Morgan fingerprint density at radius 3 is 2.31 bits per heavy atom. The molecule has 2 aromatic carbocycles. The molecule has 0 aliphatic carbocycles. The molecule has 3 aromatic rings. The van der Waals surface area contributed by atoms with Crippen molar-refractivity contribution in [2.24, 2.45) is 4.99 Å². The van der Waals surface area contributed by atoms with E-state index in [1.54, 1.807) is 6.20 Å². The second kappa shape index (κ2) is 7.08. The number of nitrogens with zero attached hydrogens (tertiary/aromatic N) is 2. The van der Waals surface area contributed by atoms with Crippen LogP contribution in [-0.4, -0.2) is 10.7 Å². The maximum Gasteiger partial charge on any atom is 0.135 e. The minimum Gasteiger partial charge on any atom is -0.281 e. The lowest BCUT2D eigenvalue weighted by atomic mass is 10.0. The number of aromatic nitrogens is 1. The number of aliphatic imine (C=N–C) groups is 1. The summed E-state index contributed by atoms with van der Waals surface area (Å²) < 4.78 is 28.9. The van der Waals surface area contributed by atoms with Crippen LogP contribution in [0.1, 0.15) is 30.0 Å². The largest absolute Gasteiger partial charge is 0.281 e. The molecular weight excluding hydrogens is 398 g/mol. The first kappa shape index (κ1) is 17.0. The highest BCUT2D eigenvalue weighted by Crippen LogP contribution is 2.33. The summed E-state index contributed by atoms with van der Waals surface area (Å²) in [5, 5.41) is 0. The van der Waals surface area contributed by atoms with E-state index in [2.05, 4.69) is 25.9 Å². The molecular formula is C21H15BrF2N2. The third-order valence-electron chi connectivity index (χ3n) is 4.54. The fourth-order valence-electron chi connectivity index (χ4n) is 3.22. The van der Waals surface area contributed by atoms with Gasteiger partial charge in [-0.1, -0.05) is 30.3 Å². The molecule has 1 unspecified atom stereocenters. The maximum absolute atomic E-state index is 14.0. The van der Waals surface area contributed by atoms with E-state index < -0.39 is 11.6 Å². The smallest absolute Gasteiger partial charge is 0.135 e. The molecule has 4 rings (SSSR count). The van der Waals surface area contributed by atoms with Crippen LogP contribution in [-0.2, 0) is 0 Å². The van der Waals surface area contributed by atoms with Crippen LogP contribution in [0, 0.1) is 11.6 Å². The molecule has 130 valence electrons. The molecule has 2 nitrogen and oxygen atoms in total. The molecule has 0 fully saturated rings. The molecule has 1 aliphatic heterocycles. The predicted octanol–water partition coefficient (Wildman–Crippen LogP) is 6.11. The van der Waals surface area contributed by atoms with Crippen LogP contribution in [0.15, 0.2) is 70.3 Å². The van der Waals surface area contributed by atoms with E-state index in [1.165, 1.54) is 18.2 Å². The molecule has 0 amide bonds. The Hall–Kier alpha value is -2.40. The van der Waals surface area contributed by atoms with Crippen molar-refractivity contribution in [3.05, 3.63) is 88.0 Å². The van der Waals surface area contributed by atoms with Gasteiger partial charge in [-0.2, -0.15) is 0 Å². The van der Waals surface area contributed by atoms with E-state index in [0.29, 0.717) is 12.1 Å². The van der Waals surface area contributed by atoms with Crippen molar-refractivity contribution in [2.45, 2.75) is 18.9 Å². The van der Waals surface area contributed by atoms with Crippen LogP contribution in [0.25, 0.3) is 11.3 Å². The molecule has 5 heteroatoms. The third kappa shape index (κ3) is 3.31. The standard InChI is InChI=1S/C21H15BrF2N2/c22-15-8-9-18(25-12-15)13-4-6-14(7-5-13)19-10-11-20(26-19)21-16(23)2-1-3-17(21)24/h1-9,12,19H,10-11H2. The van der Waals surface area contributed by atoms with Gasteiger partial charge in [0.1, 0.15) is 11.6 Å². The molecule has 1 aromatic heterocycles. The zero-order chi connectivity index (χ0) is 18.1. The molecule has 0 spiro atoms. The van der Waals surface area contributed by atoms with Crippen molar-refractivity contribution in [2.75, 3.05) is 0 Å². The van der Waals surface area contributed by atoms with E-state index in [-0.39, 0.29) is 11.6 Å². The topological polar surface area (TPSA) is 25.2 Å². The van der Waals surface area contributed by atoms with Gasteiger partial charge in [-0.3, -0.25) is 9.98 Å². The van der Waals surface area contributed by atoms with Crippen molar-refractivity contribution in [3.8, 4) is 11.3 Å². The van der Waals surface area contributed by atoms with Gasteiger partial charge < -0.3 is 0 Å². The van der Waals surface area contributed by atoms with Crippen LogP contribution in [0.4, 0.5) is 8.78 Å². The number of rotatable bonds is 3. The van der Waals surface area contributed by atoms with Crippen molar-refractivity contribution >= 4 is 21.6 Å². The van der Waals surface area contributed by atoms with Gasteiger partial charge in [-0.25, -0.2) is 8.78 Å². The summed E-state index contributed by atoms with van der Waals surface area (Å²) in [6.45, 7) is 0. The minimum absolute atomic E-state index is 0.00526. The summed E-state index contributed by atoms with van der Waals surface area (Å²) in [5.41, 5.74) is 3.46. The highest BCUT2D eigenvalue weighted by molar-refractivity contribution is 9.10. The van der Waals surface area contributed by atoms with Crippen LogP contribution < -0.4 is 0 Å². The summed E-state index contributed by atoms with van der Waals surface area (Å²) in [5.74, 6) is -1.11. The van der Waals surface area contributed by atoms with Gasteiger partial charge in [0.05, 0.1) is 17.3 Å². The van der Waals surface area contributed by atoms with Crippen LogP contribution in [0.3, 0.4) is 0 Å². The monoisotopic (exact) mass is 412 g/mol. The van der Waals surface area contributed by atoms with Gasteiger partial charge in [0, 0.05) is 21.9 Å². The lowest BCUT2D eigenvalue weighted by molar-refractivity contribution is 0.578. The number of hydrogen-bond donors (Lipinski definition) is 0. The van der Waals surface area contributed by atoms with Crippen LogP contribution >= 0.6 is 15.9 Å². The van der Waals surface area contributed by atoms with Crippen molar-refractivity contribution in [3.63, 3.8) is 0 Å². The Balaban J connectivity index is 1.59. The van der Waals surface area contributed by atoms with Gasteiger partial charge in [0.15, 0.2) is 0 Å². The van der Waals surface area contributed by atoms with E-state index in [9.17, 15) is 8.78 Å². The lowest BCUT2D eigenvalue weighted by Crippen LogP contribution is -2.03. The fourth-order valence-corrected chi connectivity index (χ4v) is 3.45. The number of benzene rings is 2. The van der Waals surface area contributed by atoms with E-state index in [4.69, 9.17) is 0 Å². The Morgan fingerprint density at radius 2 is 1.65 bits per heavy atom. The van der Waals surface area contributed by atoms with Gasteiger partial charge in [0.2, 0.25) is 0 Å². The Kier molecular flexibility index (Phi) is 4.64. The first-order chi connectivity index (χ1) is 12.6. The molecule has 0 saturated carbocycles. The van der Waals surface area contributed by atoms with Crippen molar-refractivity contribution in [1.82, 2.24) is 4.98 Å². The first-order valence-corrected chi connectivity index (χ1v) is 9.14. The summed E-state index contributed by atoms with van der Waals surface area (Å²) >= 11 is 3.38. The first-order valence-electron chi connectivity index (χ1n) is 8.35. The second-order valence-corrected chi connectivity index (χ2v) is 7.13. The zero-order valence-corrected chi connectivity index (χ0v) is 15.4. The molecule has 1 aliphatic rings. The second-order valence-electron chi connectivity index (χ2n) is 6.21. The summed E-state index contributed by atoms with van der Waals surface area (Å²) in [4.78, 5) is 8.97. The number of halogens is 3. The SMILES string of the molecule is Fc1cccc(F)c1C1=NC(c2ccc(-c3ccc(Br)cn3)cc2)CC1. The number of pyridine rings is 1. The van der Waals surface area contributed by atoms with E-state index in [1.807, 2.05) is 36.4 Å². The number of hydrogen-bond acceptors (Lipinski definition) is 2.